The molecule has 0 saturated carbocycles. The Bertz CT molecular complexity index is 407. The highest BCUT2D eigenvalue weighted by atomic mass is 16.2. The summed E-state index contributed by atoms with van der Waals surface area (Å²) < 4.78 is 0. The van der Waals surface area contributed by atoms with E-state index in [1.54, 1.807) is 5.57 Å². The van der Waals surface area contributed by atoms with Crippen molar-refractivity contribution >= 4 is 11.9 Å². The maximum absolute atomic E-state index is 11.8. The van der Waals surface area contributed by atoms with Gasteiger partial charge in [-0.05, 0) is 59.8 Å². The van der Waals surface area contributed by atoms with Crippen molar-refractivity contribution in [1.82, 2.24) is 16.0 Å². The highest BCUT2D eigenvalue weighted by Crippen LogP contribution is 2.19. The number of aliphatic imine (C=N–C) groups is 1. The maximum Gasteiger partial charge on any atom is 0.242 e. The number of rotatable bonds is 6. The Labute approximate surface area is 135 Å². The van der Waals surface area contributed by atoms with Crippen LogP contribution in [0.4, 0.5) is 0 Å². The predicted octanol–water partition coefficient (Wildman–Crippen LogP) is 2.35. The van der Waals surface area contributed by atoms with Crippen molar-refractivity contribution in [2.45, 2.75) is 65.3 Å². The Kier molecular flexibility index (Phi) is 7.99. The lowest BCUT2D eigenvalue weighted by Crippen LogP contribution is -2.43. The van der Waals surface area contributed by atoms with E-state index in [-0.39, 0.29) is 18.0 Å². The van der Waals surface area contributed by atoms with Gasteiger partial charge >= 0.3 is 0 Å². The first-order valence-corrected chi connectivity index (χ1v) is 8.42. The van der Waals surface area contributed by atoms with E-state index in [9.17, 15) is 4.79 Å². The van der Waals surface area contributed by atoms with Gasteiger partial charge in [0.15, 0.2) is 5.96 Å². The van der Waals surface area contributed by atoms with Gasteiger partial charge in [-0.1, -0.05) is 11.6 Å². The molecule has 0 aromatic carbocycles. The lowest BCUT2D eigenvalue weighted by atomic mass is 9.97. The van der Waals surface area contributed by atoms with Crippen LogP contribution in [0.25, 0.3) is 0 Å². The summed E-state index contributed by atoms with van der Waals surface area (Å²) in [6.45, 7) is 9.72. The van der Waals surface area contributed by atoms with Gasteiger partial charge in [0, 0.05) is 18.6 Å². The van der Waals surface area contributed by atoms with Crippen LogP contribution < -0.4 is 16.0 Å². The second kappa shape index (κ2) is 9.49. The van der Waals surface area contributed by atoms with Crippen LogP contribution in [-0.2, 0) is 4.79 Å². The fourth-order valence-corrected chi connectivity index (χ4v) is 2.42. The Morgan fingerprint density at radius 2 is 2.05 bits per heavy atom. The monoisotopic (exact) mass is 308 g/mol. The lowest BCUT2D eigenvalue weighted by Gasteiger charge is -2.20. The van der Waals surface area contributed by atoms with Crippen molar-refractivity contribution in [3.8, 4) is 0 Å². The van der Waals surface area contributed by atoms with Gasteiger partial charge in [0.1, 0.15) is 6.54 Å². The number of nitrogens with zero attached hydrogens (tertiary/aromatic N) is 1. The van der Waals surface area contributed by atoms with E-state index in [1.807, 2.05) is 27.7 Å². The summed E-state index contributed by atoms with van der Waals surface area (Å²) in [4.78, 5) is 16.1. The van der Waals surface area contributed by atoms with Gasteiger partial charge in [-0.3, -0.25) is 4.79 Å². The number of carbonyl (C=O) groups excluding carboxylic acids is 1. The van der Waals surface area contributed by atoms with Crippen molar-refractivity contribution in [2.75, 3.05) is 19.6 Å². The topological polar surface area (TPSA) is 65.5 Å². The minimum absolute atomic E-state index is 0.0558. The molecule has 0 radical (unpaired) electrons. The molecule has 126 valence electrons. The fraction of sp³-hybridized carbons (Fsp3) is 0.765. The molecule has 1 rings (SSSR count). The fourth-order valence-electron chi connectivity index (χ4n) is 2.42. The average molecular weight is 308 g/mol. The molecule has 0 aromatic rings. The molecule has 1 amide bonds. The van der Waals surface area contributed by atoms with E-state index in [1.165, 1.54) is 25.7 Å². The van der Waals surface area contributed by atoms with Crippen molar-refractivity contribution in [3.63, 3.8) is 0 Å². The van der Waals surface area contributed by atoms with Crippen LogP contribution in [0.2, 0.25) is 0 Å². The van der Waals surface area contributed by atoms with Crippen LogP contribution in [0.5, 0.6) is 0 Å². The zero-order chi connectivity index (χ0) is 16.4. The summed E-state index contributed by atoms with van der Waals surface area (Å²) >= 11 is 0. The molecule has 0 aromatic heterocycles. The Hall–Kier alpha value is -1.52. The van der Waals surface area contributed by atoms with E-state index in [0.717, 1.165) is 19.5 Å². The van der Waals surface area contributed by atoms with Gasteiger partial charge in [0.05, 0.1) is 0 Å². The largest absolute Gasteiger partial charge is 0.357 e. The quantitative estimate of drug-likeness (QED) is 0.401. The van der Waals surface area contributed by atoms with Gasteiger partial charge in [-0.15, -0.1) is 0 Å². The van der Waals surface area contributed by atoms with Gasteiger partial charge in [-0.25, -0.2) is 4.99 Å². The minimum Gasteiger partial charge on any atom is -0.357 e. The van der Waals surface area contributed by atoms with Crippen LogP contribution in [0, 0.1) is 0 Å². The summed E-state index contributed by atoms with van der Waals surface area (Å²) in [5.74, 6) is 0.655. The summed E-state index contributed by atoms with van der Waals surface area (Å²) in [7, 11) is 0. The van der Waals surface area contributed by atoms with Gasteiger partial charge in [0.2, 0.25) is 5.91 Å². The maximum atomic E-state index is 11.8. The smallest absolute Gasteiger partial charge is 0.242 e. The summed E-state index contributed by atoms with van der Waals surface area (Å²) in [5, 5.41) is 9.40. The molecule has 0 heterocycles. The summed E-state index contributed by atoms with van der Waals surface area (Å²) in [6, 6.07) is 0. The van der Waals surface area contributed by atoms with Crippen molar-refractivity contribution < 1.29 is 4.79 Å². The highest BCUT2D eigenvalue weighted by molar-refractivity contribution is 5.85. The first kappa shape index (κ1) is 18.5. The second-order valence-corrected chi connectivity index (χ2v) is 6.78. The van der Waals surface area contributed by atoms with E-state index in [4.69, 9.17) is 0 Å². The van der Waals surface area contributed by atoms with E-state index < -0.39 is 0 Å². The van der Waals surface area contributed by atoms with Gasteiger partial charge < -0.3 is 16.0 Å². The molecule has 22 heavy (non-hydrogen) atoms. The number of amides is 1. The molecule has 0 aliphatic heterocycles. The lowest BCUT2D eigenvalue weighted by molar-refractivity contribution is -0.121. The molecule has 0 unspecified atom stereocenters. The molecular formula is C17H32N4O. The van der Waals surface area contributed by atoms with E-state index in [0.29, 0.717) is 5.96 Å². The molecular weight excluding hydrogens is 276 g/mol. The molecule has 3 N–H and O–H groups in total. The van der Waals surface area contributed by atoms with E-state index >= 15 is 0 Å². The Balaban J connectivity index is 2.38. The average Bonchev–Trinajstić information content (AvgIpc) is 2.44. The predicted molar refractivity (Wildman–Crippen MR) is 93.0 cm³/mol. The highest BCUT2D eigenvalue weighted by Gasteiger charge is 2.13. The molecule has 1 aliphatic rings. The number of nitrogens with one attached hydrogen (secondary N) is 3. The SMILES string of the molecule is CCNC(=NCC(=O)NC(C)(C)C)NCCC1=CCCCC1. The molecule has 5 nitrogen and oxygen atoms in total. The van der Waals surface area contributed by atoms with Crippen LogP contribution >= 0.6 is 0 Å². The number of hydrogen-bond donors (Lipinski definition) is 3. The van der Waals surface area contributed by atoms with Gasteiger partial charge in [0.25, 0.3) is 0 Å². The zero-order valence-electron chi connectivity index (χ0n) is 14.6. The van der Waals surface area contributed by atoms with Crippen LogP contribution in [0.3, 0.4) is 0 Å². The third kappa shape index (κ3) is 8.70. The minimum atomic E-state index is -0.216. The molecule has 1 aliphatic carbocycles. The van der Waals surface area contributed by atoms with Crippen molar-refractivity contribution in [1.29, 1.82) is 0 Å². The first-order chi connectivity index (χ1) is 10.4. The van der Waals surface area contributed by atoms with Gasteiger partial charge in [-0.2, -0.15) is 0 Å². The molecule has 5 heteroatoms. The molecule has 0 fully saturated rings. The Morgan fingerprint density at radius 3 is 2.64 bits per heavy atom. The van der Waals surface area contributed by atoms with E-state index in [2.05, 4.69) is 27.0 Å². The number of carbonyl (C=O) groups is 1. The van der Waals surface area contributed by atoms with Crippen LogP contribution in [0.1, 0.15) is 59.8 Å². The first-order valence-electron chi connectivity index (χ1n) is 8.42. The third-order valence-electron chi connectivity index (χ3n) is 3.36. The van der Waals surface area contributed by atoms with Crippen molar-refractivity contribution in [2.24, 2.45) is 4.99 Å². The molecule has 0 bridgehead atoms. The molecule has 0 saturated heterocycles. The third-order valence-corrected chi connectivity index (χ3v) is 3.36. The Morgan fingerprint density at radius 1 is 1.27 bits per heavy atom. The standard InChI is InChI=1S/C17H32N4O/c1-5-18-16(20-13-15(22)21-17(2,3)4)19-12-11-14-9-7-6-8-10-14/h9H,5-8,10-13H2,1-4H3,(H,21,22)(H2,18,19,20). The van der Waals surface area contributed by atoms with Crippen LogP contribution in [-0.4, -0.2) is 37.0 Å². The molecule has 0 spiro atoms. The van der Waals surface area contributed by atoms with Crippen LogP contribution in [0.15, 0.2) is 16.6 Å². The number of hydrogen-bond acceptors (Lipinski definition) is 2. The molecule has 0 atom stereocenters. The number of guanidine groups is 1. The zero-order valence-corrected chi connectivity index (χ0v) is 14.6. The second-order valence-electron chi connectivity index (χ2n) is 6.78. The normalized spacial score (nSPS) is 16.0. The number of allylic oxidation sites excluding steroid dienone is 1. The summed E-state index contributed by atoms with van der Waals surface area (Å²) in [6.07, 6.45) is 8.50. The summed E-state index contributed by atoms with van der Waals surface area (Å²) in [5.41, 5.74) is 1.33. The van der Waals surface area contributed by atoms with Crippen molar-refractivity contribution in [3.05, 3.63) is 11.6 Å².